The van der Waals surface area contributed by atoms with Crippen LogP contribution in [-0.2, 0) is 5.41 Å². The van der Waals surface area contributed by atoms with E-state index in [-0.39, 0.29) is 5.41 Å². The number of rotatable bonds is 6. The third-order valence-corrected chi connectivity index (χ3v) is 12.1. The molecule has 1 heterocycles. The highest BCUT2D eigenvalue weighted by Crippen LogP contribution is 2.51. The standard InChI is InChI=1S/C55H39NO/c1-55(2)51-20-12-11-18-45(51)46-32-30-43(34-52(46)55)56(41-26-21-38(22-27-41)36-13-5-3-6-14-36)42-28-23-39(24-29-42)49-35-50-47-31-25-40(37-15-7-4-8-16-37)33-53(47)57-54(50)48-19-10-9-17-44(48)49/h3-35H,1-2H3. The minimum atomic E-state index is -0.102. The molecule has 1 aliphatic carbocycles. The zero-order chi connectivity index (χ0) is 38.1. The number of benzene rings is 9. The molecule has 10 aromatic rings. The van der Waals surface area contributed by atoms with E-state index in [0.717, 1.165) is 55.5 Å². The molecule has 0 unspecified atom stereocenters. The molecule has 0 fully saturated rings. The maximum Gasteiger partial charge on any atom is 0.143 e. The van der Waals surface area contributed by atoms with Crippen molar-refractivity contribution in [1.82, 2.24) is 0 Å². The minimum Gasteiger partial charge on any atom is -0.455 e. The molecule has 0 bridgehead atoms. The van der Waals surface area contributed by atoms with Gasteiger partial charge in [-0.3, -0.25) is 0 Å². The van der Waals surface area contributed by atoms with E-state index in [2.05, 4.69) is 219 Å². The summed E-state index contributed by atoms with van der Waals surface area (Å²) >= 11 is 0. The number of fused-ring (bicyclic) bond motifs is 8. The molecule has 0 spiro atoms. The second kappa shape index (κ2) is 13.0. The highest BCUT2D eigenvalue weighted by molar-refractivity contribution is 6.19. The second-order valence-corrected chi connectivity index (χ2v) is 15.7. The maximum absolute atomic E-state index is 6.66. The van der Waals surface area contributed by atoms with Gasteiger partial charge < -0.3 is 9.32 Å². The van der Waals surface area contributed by atoms with Crippen molar-refractivity contribution in [3.63, 3.8) is 0 Å². The van der Waals surface area contributed by atoms with Crippen molar-refractivity contribution in [1.29, 1.82) is 0 Å². The van der Waals surface area contributed by atoms with Crippen molar-refractivity contribution in [2.45, 2.75) is 19.3 Å². The van der Waals surface area contributed by atoms with Gasteiger partial charge in [0.2, 0.25) is 0 Å². The van der Waals surface area contributed by atoms with Crippen LogP contribution >= 0.6 is 0 Å². The Hall–Kier alpha value is -7.16. The molecule has 1 aliphatic rings. The van der Waals surface area contributed by atoms with Crippen molar-refractivity contribution < 1.29 is 4.42 Å². The fourth-order valence-electron chi connectivity index (χ4n) is 9.15. The molecule has 2 heteroatoms. The van der Waals surface area contributed by atoms with Crippen molar-refractivity contribution in [2.75, 3.05) is 4.90 Å². The number of hydrogen-bond donors (Lipinski definition) is 0. The molecule has 57 heavy (non-hydrogen) atoms. The van der Waals surface area contributed by atoms with E-state index in [1.54, 1.807) is 0 Å². The molecule has 1 aromatic heterocycles. The van der Waals surface area contributed by atoms with Crippen LogP contribution in [-0.4, -0.2) is 0 Å². The Morgan fingerprint density at radius 1 is 0.351 bits per heavy atom. The zero-order valence-electron chi connectivity index (χ0n) is 31.9. The molecule has 0 aliphatic heterocycles. The van der Waals surface area contributed by atoms with Gasteiger partial charge in [-0.15, -0.1) is 0 Å². The van der Waals surface area contributed by atoms with Crippen LogP contribution < -0.4 is 4.90 Å². The Labute approximate surface area is 332 Å². The smallest absolute Gasteiger partial charge is 0.143 e. The van der Waals surface area contributed by atoms with Crippen molar-refractivity contribution in [2.24, 2.45) is 0 Å². The second-order valence-electron chi connectivity index (χ2n) is 15.7. The third-order valence-electron chi connectivity index (χ3n) is 12.1. The third kappa shape index (κ3) is 5.40. The highest BCUT2D eigenvalue weighted by atomic mass is 16.3. The topological polar surface area (TPSA) is 16.4 Å². The Morgan fingerprint density at radius 3 is 1.61 bits per heavy atom. The van der Waals surface area contributed by atoms with Crippen LogP contribution in [0.2, 0.25) is 0 Å². The van der Waals surface area contributed by atoms with E-state index in [9.17, 15) is 0 Å². The molecular formula is C55H39NO. The van der Waals surface area contributed by atoms with Crippen LogP contribution in [0.1, 0.15) is 25.0 Å². The first kappa shape index (κ1) is 33.2. The van der Waals surface area contributed by atoms with Gasteiger partial charge in [0.1, 0.15) is 11.2 Å². The summed E-state index contributed by atoms with van der Waals surface area (Å²) in [6.07, 6.45) is 0. The molecular weight excluding hydrogens is 691 g/mol. The predicted octanol–water partition coefficient (Wildman–Crippen LogP) is 15.5. The Kier molecular flexibility index (Phi) is 7.55. The number of hydrogen-bond acceptors (Lipinski definition) is 2. The van der Waals surface area contributed by atoms with Gasteiger partial charge in [-0.2, -0.15) is 0 Å². The Morgan fingerprint density at radius 2 is 0.895 bits per heavy atom. The lowest BCUT2D eigenvalue weighted by Gasteiger charge is -2.28. The fraction of sp³-hybridized carbons (Fsp3) is 0.0545. The van der Waals surface area contributed by atoms with Crippen LogP contribution in [0.4, 0.5) is 17.1 Å². The first-order chi connectivity index (χ1) is 28.0. The molecule has 0 saturated heterocycles. The van der Waals surface area contributed by atoms with Crippen LogP contribution in [0.3, 0.4) is 0 Å². The molecule has 11 rings (SSSR count). The SMILES string of the molecule is CC1(C)c2ccccc2-c2ccc(N(c3ccc(-c4ccccc4)cc3)c3ccc(-c4cc5c6ccc(-c7ccccc7)cc6oc5c5ccccc45)cc3)cc21. The van der Waals surface area contributed by atoms with Gasteiger partial charge in [-0.1, -0.05) is 159 Å². The van der Waals surface area contributed by atoms with Crippen LogP contribution in [0.5, 0.6) is 0 Å². The van der Waals surface area contributed by atoms with Crippen molar-refractivity contribution >= 4 is 49.8 Å². The van der Waals surface area contributed by atoms with Crippen molar-refractivity contribution in [3.05, 3.63) is 211 Å². The summed E-state index contributed by atoms with van der Waals surface area (Å²) in [6.45, 7) is 4.70. The number of anilines is 3. The molecule has 270 valence electrons. The monoisotopic (exact) mass is 729 g/mol. The molecule has 0 N–H and O–H groups in total. The van der Waals surface area contributed by atoms with Gasteiger partial charge in [-0.25, -0.2) is 0 Å². The lowest BCUT2D eigenvalue weighted by molar-refractivity contribution is 0.660. The van der Waals surface area contributed by atoms with Gasteiger partial charge in [-0.05, 0) is 116 Å². The van der Waals surface area contributed by atoms with Crippen LogP contribution in [0.25, 0.3) is 77.2 Å². The maximum atomic E-state index is 6.66. The van der Waals surface area contributed by atoms with E-state index >= 15 is 0 Å². The molecule has 0 amide bonds. The summed E-state index contributed by atoms with van der Waals surface area (Å²) in [7, 11) is 0. The van der Waals surface area contributed by atoms with E-state index < -0.39 is 0 Å². The first-order valence-corrected chi connectivity index (χ1v) is 19.8. The first-order valence-electron chi connectivity index (χ1n) is 19.8. The van der Waals surface area contributed by atoms with Gasteiger partial charge in [0.05, 0.1) is 0 Å². The summed E-state index contributed by atoms with van der Waals surface area (Å²) in [5, 5.41) is 4.55. The van der Waals surface area contributed by atoms with Crippen LogP contribution in [0.15, 0.2) is 205 Å². The largest absolute Gasteiger partial charge is 0.455 e. The normalized spacial score (nSPS) is 12.9. The Bertz CT molecular complexity index is 3120. The van der Waals surface area contributed by atoms with Crippen LogP contribution in [0, 0.1) is 0 Å². The minimum absolute atomic E-state index is 0.102. The number of furan rings is 1. The molecule has 9 aromatic carbocycles. The van der Waals surface area contributed by atoms with Gasteiger partial charge in [0.25, 0.3) is 0 Å². The summed E-state index contributed by atoms with van der Waals surface area (Å²) < 4.78 is 6.66. The van der Waals surface area contributed by atoms with Gasteiger partial charge in [0, 0.05) is 38.6 Å². The predicted molar refractivity (Wildman–Crippen MR) is 240 cm³/mol. The highest BCUT2D eigenvalue weighted by Gasteiger charge is 2.35. The van der Waals surface area contributed by atoms with E-state index in [1.165, 1.54) is 49.9 Å². The average Bonchev–Trinajstić information content (AvgIpc) is 3.76. The van der Waals surface area contributed by atoms with E-state index in [1.807, 2.05) is 0 Å². The molecule has 0 saturated carbocycles. The summed E-state index contributed by atoms with van der Waals surface area (Å²) in [5.41, 5.74) is 17.6. The van der Waals surface area contributed by atoms with Gasteiger partial charge in [0.15, 0.2) is 0 Å². The lowest BCUT2D eigenvalue weighted by Crippen LogP contribution is -2.16. The lowest BCUT2D eigenvalue weighted by atomic mass is 9.82. The molecule has 0 atom stereocenters. The molecule has 2 nitrogen and oxygen atoms in total. The van der Waals surface area contributed by atoms with E-state index in [4.69, 9.17) is 4.42 Å². The fourth-order valence-corrected chi connectivity index (χ4v) is 9.15. The Balaban J connectivity index is 1.03. The van der Waals surface area contributed by atoms with Gasteiger partial charge >= 0.3 is 0 Å². The van der Waals surface area contributed by atoms with Crippen molar-refractivity contribution in [3.8, 4) is 44.5 Å². The average molecular weight is 730 g/mol. The summed E-state index contributed by atoms with van der Waals surface area (Å²) in [5.74, 6) is 0. The summed E-state index contributed by atoms with van der Waals surface area (Å²) in [4.78, 5) is 2.40. The molecule has 0 radical (unpaired) electrons. The van der Waals surface area contributed by atoms with E-state index in [0.29, 0.717) is 0 Å². The quantitative estimate of drug-likeness (QED) is 0.169. The zero-order valence-corrected chi connectivity index (χ0v) is 31.9. The summed E-state index contributed by atoms with van der Waals surface area (Å²) in [6, 6.07) is 72.5. The number of nitrogens with zero attached hydrogens (tertiary/aromatic N) is 1.